The molecular formula is C18H23N3O2. The summed E-state index contributed by atoms with van der Waals surface area (Å²) >= 11 is 0. The van der Waals surface area contributed by atoms with Gasteiger partial charge in [-0.1, -0.05) is 32.0 Å². The van der Waals surface area contributed by atoms with Crippen LogP contribution in [0.2, 0.25) is 0 Å². The summed E-state index contributed by atoms with van der Waals surface area (Å²) in [4.78, 5) is 28.9. The second-order valence-corrected chi connectivity index (χ2v) is 5.62. The van der Waals surface area contributed by atoms with Crippen LogP contribution in [-0.4, -0.2) is 15.5 Å². The zero-order valence-electron chi connectivity index (χ0n) is 14.1. The van der Waals surface area contributed by atoms with Crippen molar-refractivity contribution < 1.29 is 4.79 Å². The molecule has 1 amide bonds. The molecule has 0 saturated carbocycles. The average Bonchev–Trinajstić information content (AvgIpc) is 2.51. The molecule has 0 radical (unpaired) electrons. The fourth-order valence-corrected chi connectivity index (χ4v) is 2.79. The van der Waals surface area contributed by atoms with Crippen LogP contribution in [0.3, 0.4) is 0 Å². The Balaban J connectivity index is 2.35. The fourth-order valence-electron chi connectivity index (χ4n) is 2.79. The molecule has 2 rings (SSSR count). The molecule has 23 heavy (non-hydrogen) atoms. The van der Waals surface area contributed by atoms with Crippen LogP contribution >= 0.6 is 0 Å². The first-order chi connectivity index (χ1) is 11.0. The van der Waals surface area contributed by atoms with Gasteiger partial charge in [0, 0.05) is 17.1 Å². The van der Waals surface area contributed by atoms with Crippen molar-refractivity contribution >= 4 is 11.6 Å². The van der Waals surface area contributed by atoms with Crippen molar-refractivity contribution in [3.63, 3.8) is 0 Å². The van der Waals surface area contributed by atoms with Crippen molar-refractivity contribution in [2.75, 3.05) is 5.32 Å². The van der Waals surface area contributed by atoms with E-state index >= 15 is 0 Å². The highest BCUT2D eigenvalue weighted by Gasteiger charge is 2.22. The molecule has 1 heterocycles. The second-order valence-electron chi connectivity index (χ2n) is 5.62. The van der Waals surface area contributed by atoms with Crippen molar-refractivity contribution in [3.8, 4) is 0 Å². The summed E-state index contributed by atoms with van der Waals surface area (Å²) < 4.78 is 1.47. The number of carbonyl (C=O) groups is 1. The van der Waals surface area contributed by atoms with Crippen LogP contribution in [0.25, 0.3) is 0 Å². The summed E-state index contributed by atoms with van der Waals surface area (Å²) in [5, 5.41) is 2.95. The molecule has 1 aromatic carbocycles. The molecule has 0 bridgehead atoms. The predicted molar refractivity (Wildman–Crippen MR) is 91.7 cm³/mol. The molecule has 1 aromatic heterocycles. The lowest BCUT2D eigenvalue weighted by Crippen LogP contribution is -2.36. The van der Waals surface area contributed by atoms with Gasteiger partial charge >= 0.3 is 5.69 Å². The first-order valence-corrected chi connectivity index (χ1v) is 7.93. The minimum Gasteiger partial charge on any atom is -0.324 e. The van der Waals surface area contributed by atoms with Crippen molar-refractivity contribution in [2.45, 2.75) is 46.6 Å². The van der Waals surface area contributed by atoms with E-state index in [0.717, 1.165) is 23.4 Å². The largest absolute Gasteiger partial charge is 0.348 e. The number of hydrogen-bond acceptors (Lipinski definition) is 3. The van der Waals surface area contributed by atoms with Gasteiger partial charge in [0.15, 0.2) is 0 Å². The van der Waals surface area contributed by atoms with E-state index < -0.39 is 6.04 Å². The van der Waals surface area contributed by atoms with E-state index in [1.165, 1.54) is 4.57 Å². The Bertz CT molecular complexity index is 765. The smallest absolute Gasteiger partial charge is 0.324 e. The normalized spacial score (nSPS) is 12.0. The van der Waals surface area contributed by atoms with Crippen LogP contribution in [-0.2, 0) is 11.2 Å². The van der Waals surface area contributed by atoms with Gasteiger partial charge in [-0.3, -0.25) is 9.36 Å². The van der Waals surface area contributed by atoms with E-state index in [1.807, 2.05) is 51.1 Å². The van der Waals surface area contributed by atoms with Gasteiger partial charge in [-0.05, 0) is 44.4 Å². The number of benzene rings is 1. The van der Waals surface area contributed by atoms with E-state index in [1.54, 1.807) is 6.92 Å². The van der Waals surface area contributed by atoms with Gasteiger partial charge in [0.05, 0.1) is 0 Å². The van der Waals surface area contributed by atoms with Gasteiger partial charge in [-0.25, -0.2) is 4.79 Å². The van der Waals surface area contributed by atoms with Gasteiger partial charge in [0.1, 0.15) is 6.04 Å². The molecule has 0 unspecified atom stereocenters. The molecule has 1 atom stereocenters. The number of nitrogens with one attached hydrogen (secondary N) is 1. The maximum Gasteiger partial charge on any atom is 0.348 e. The van der Waals surface area contributed by atoms with Crippen molar-refractivity contribution in [1.29, 1.82) is 0 Å². The molecule has 0 aliphatic heterocycles. The van der Waals surface area contributed by atoms with E-state index in [-0.39, 0.29) is 11.6 Å². The van der Waals surface area contributed by atoms with Crippen molar-refractivity contribution in [3.05, 3.63) is 57.8 Å². The molecule has 5 heteroatoms. The molecule has 5 nitrogen and oxygen atoms in total. The Morgan fingerprint density at radius 1 is 1.26 bits per heavy atom. The third-order valence-corrected chi connectivity index (χ3v) is 3.93. The number of carbonyl (C=O) groups excluding carboxylic acids is 1. The number of amides is 1. The van der Waals surface area contributed by atoms with Crippen LogP contribution in [0.1, 0.15) is 43.3 Å². The van der Waals surface area contributed by atoms with Crippen LogP contribution < -0.4 is 11.0 Å². The van der Waals surface area contributed by atoms with Crippen LogP contribution in [0.5, 0.6) is 0 Å². The Hall–Kier alpha value is -2.43. The Morgan fingerprint density at radius 3 is 2.57 bits per heavy atom. The second kappa shape index (κ2) is 7.22. The van der Waals surface area contributed by atoms with Gasteiger partial charge in [-0.2, -0.15) is 4.98 Å². The summed E-state index contributed by atoms with van der Waals surface area (Å²) in [5.74, 6) is -0.191. The molecule has 1 N–H and O–H groups in total. The van der Waals surface area contributed by atoms with E-state index in [4.69, 9.17) is 0 Å². The highest BCUT2D eigenvalue weighted by atomic mass is 16.2. The first-order valence-electron chi connectivity index (χ1n) is 7.93. The monoisotopic (exact) mass is 313 g/mol. The summed E-state index contributed by atoms with van der Waals surface area (Å²) in [6.45, 7) is 7.53. The van der Waals surface area contributed by atoms with Gasteiger partial charge in [-0.15, -0.1) is 0 Å². The van der Waals surface area contributed by atoms with Crippen LogP contribution in [0, 0.1) is 13.8 Å². The maximum absolute atomic E-state index is 12.7. The lowest BCUT2D eigenvalue weighted by Gasteiger charge is -2.20. The summed E-state index contributed by atoms with van der Waals surface area (Å²) in [6, 6.07) is 8.95. The van der Waals surface area contributed by atoms with Crippen molar-refractivity contribution in [1.82, 2.24) is 9.55 Å². The van der Waals surface area contributed by atoms with Crippen LogP contribution in [0.4, 0.5) is 5.69 Å². The highest BCUT2D eigenvalue weighted by molar-refractivity contribution is 5.94. The fraction of sp³-hybridized carbons (Fsp3) is 0.389. The average molecular weight is 313 g/mol. The third kappa shape index (κ3) is 3.67. The standard InChI is InChI=1S/C18H23N3O2/c1-5-14-9-7-8-10-15(14)20-17(22)16(6-2)21-13(4)11-12(3)19-18(21)23/h7-11,16H,5-6H2,1-4H3,(H,20,22)/t16-/m1/s1. The quantitative estimate of drug-likeness (QED) is 0.923. The number of aromatic nitrogens is 2. The zero-order valence-corrected chi connectivity index (χ0v) is 14.1. The molecule has 0 aliphatic rings. The van der Waals surface area contributed by atoms with Gasteiger partial charge in [0.2, 0.25) is 5.91 Å². The SMILES string of the molecule is CCc1ccccc1NC(=O)[C@@H](CC)n1c(C)cc(C)nc1=O. The number of rotatable bonds is 5. The molecule has 122 valence electrons. The minimum atomic E-state index is -0.569. The number of anilines is 1. The Morgan fingerprint density at radius 2 is 1.96 bits per heavy atom. The van der Waals surface area contributed by atoms with Gasteiger partial charge < -0.3 is 5.32 Å². The van der Waals surface area contributed by atoms with Gasteiger partial charge in [0.25, 0.3) is 0 Å². The Labute approximate surface area is 136 Å². The van der Waals surface area contributed by atoms with Crippen molar-refractivity contribution in [2.24, 2.45) is 0 Å². The van der Waals surface area contributed by atoms with E-state index in [2.05, 4.69) is 10.3 Å². The number of nitrogens with zero attached hydrogens (tertiary/aromatic N) is 2. The molecule has 0 aliphatic carbocycles. The minimum absolute atomic E-state index is 0.191. The summed E-state index contributed by atoms with van der Waals surface area (Å²) in [5.41, 5.74) is 2.89. The zero-order chi connectivity index (χ0) is 17.0. The first kappa shape index (κ1) is 16.9. The topological polar surface area (TPSA) is 64.0 Å². The summed E-state index contributed by atoms with van der Waals surface area (Å²) in [7, 11) is 0. The molecule has 0 fully saturated rings. The summed E-state index contributed by atoms with van der Waals surface area (Å²) in [6.07, 6.45) is 1.35. The molecule has 2 aromatic rings. The third-order valence-electron chi connectivity index (χ3n) is 3.93. The van der Waals surface area contributed by atoms with Crippen LogP contribution in [0.15, 0.2) is 35.1 Å². The maximum atomic E-state index is 12.7. The lowest BCUT2D eigenvalue weighted by molar-refractivity contribution is -0.119. The van der Waals surface area contributed by atoms with E-state index in [0.29, 0.717) is 12.1 Å². The number of para-hydroxylation sites is 1. The number of aryl methyl sites for hydroxylation is 3. The molecule has 0 spiro atoms. The molecular weight excluding hydrogens is 290 g/mol. The predicted octanol–water partition coefficient (Wildman–Crippen LogP) is 3.01. The molecule has 0 saturated heterocycles. The van der Waals surface area contributed by atoms with E-state index in [9.17, 15) is 9.59 Å². The lowest BCUT2D eigenvalue weighted by atomic mass is 10.1. The highest BCUT2D eigenvalue weighted by Crippen LogP contribution is 2.19. The Kier molecular flexibility index (Phi) is 5.32. The number of hydrogen-bond donors (Lipinski definition) is 1.